The molecule has 0 radical (unpaired) electrons. The highest BCUT2D eigenvalue weighted by atomic mass is 15.1. The molecule has 0 unspecified atom stereocenters. The summed E-state index contributed by atoms with van der Waals surface area (Å²) in [6, 6.07) is 69.1. The molecule has 4 nitrogen and oxygen atoms in total. The van der Waals surface area contributed by atoms with Crippen LogP contribution in [0, 0.1) is 0 Å². The van der Waals surface area contributed by atoms with Crippen LogP contribution in [0.3, 0.4) is 0 Å². The van der Waals surface area contributed by atoms with Gasteiger partial charge in [-0.2, -0.15) is 0 Å². The number of benzene rings is 8. The Labute approximate surface area is 311 Å². The summed E-state index contributed by atoms with van der Waals surface area (Å²) < 4.78 is 4.70. The number of rotatable bonds is 5. The summed E-state index contributed by atoms with van der Waals surface area (Å²) in [6.07, 6.45) is 0. The Morgan fingerprint density at radius 1 is 0.296 bits per heavy atom. The molecule has 0 saturated carbocycles. The van der Waals surface area contributed by atoms with Crippen LogP contribution >= 0.6 is 0 Å². The first-order valence-corrected chi connectivity index (χ1v) is 18.3. The van der Waals surface area contributed by atoms with E-state index in [4.69, 9.17) is 9.97 Å². The average Bonchev–Trinajstić information content (AvgIpc) is 3.76. The van der Waals surface area contributed by atoms with Crippen molar-refractivity contribution in [3.8, 4) is 45.1 Å². The van der Waals surface area contributed by atoms with Crippen LogP contribution in [0.4, 0.5) is 0 Å². The van der Waals surface area contributed by atoms with Crippen molar-refractivity contribution in [1.29, 1.82) is 0 Å². The second-order valence-electron chi connectivity index (χ2n) is 13.8. The minimum atomic E-state index is 0.714. The monoisotopic (exact) mass is 688 g/mol. The molecule has 0 N–H and O–H groups in total. The van der Waals surface area contributed by atoms with Gasteiger partial charge in [-0.15, -0.1) is 0 Å². The summed E-state index contributed by atoms with van der Waals surface area (Å²) in [7, 11) is 0. The molecule has 0 aliphatic heterocycles. The van der Waals surface area contributed by atoms with E-state index >= 15 is 0 Å². The predicted molar refractivity (Wildman–Crippen MR) is 225 cm³/mol. The van der Waals surface area contributed by atoms with Crippen LogP contribution in [0.2, 0.25) is 0 Å². The van der Waals surface area contributed by atoms with Crippen LogP contribution in [-0.2, 0) is 0 Å². The molecule has 0 bridgehead atoms. The van der Waals surface area contributed by atoms with Gasteiger partial charge in [0.1, 0.15) is 5.82 Å². The zero-order valence-electron chi connectivity index (χ0n) is 29.3. The first-order chi connectivity index (χ1) is 26.8. The first-order valence-electron chi connectivity index (χ1n) is 18.3. The SMILES string of the molecule is c1ccc(-c2ccc(-n3c4ccccc4c4cc(-c5ccc6c(c5)c5ccccc5n6-c5nc(-c6ccccc6)nc6ccccc56)ccc43)cc2)cc1. The topological polar surface area (TPSA) is 35.6 Å². The molecule has 0 fully saturated rings. The quantitative estimate of drug-likeness (QED) is 0.180. The van der Waals surface area contributed by atoms with Crippen LogP contribution in [-0.4, -0.2) is 19.1 Å². The van der Waals surface area contributed by atoms with Crippen LogP contribution in [0.15, 0.2) is 194 Å². The van der Waals surface area contributed by atoms with Crippen molar-refractivity contribution in [3.63, 3.8) is 0 Å². The largest absolute Gasteiger partial charge is 0.309 e. The van der Waals surface area contributed by atoms with Gasteiger partial charge in [-0.25, -0.2) is 9.97 Å². The lowest BCUT2D eigenvalue weighted by Crippen LogP contribution is -2.02. The van der Waals surface area contributed by atoms with Crippen molar-refractivity contribution >= 4 is 54.5 Å². The number of nitrogens with zero attached hydrogens (tertiary/aromatic N) is 4. The Morgan fingerprint density at radius 2 is 0.759 bits per heavy atom. The Kier molecular flexibility index (Phi) is 6.82. The Balaban J connectivity index is 1.07. The van der Waals surface area contributed by atoms with Gasteiger partial charge in [0.2, 0.25) is 0 Å². The molecule has 54 heavy (non-hydrogen) atoms. The maximum Gasteiger partial charge on any atom is 0.162 e. The molecule has 3 aromatic heterocycles. The predicted octanol–water partition coefficient (Wildman–Crippen LogP) is 12.8. The van der Waals surface area contributed by atoms with E-state index < -0.39 is 0 Å². The maximum absolute atomic E-state index is 5.25. The highest BCUT2D eigenvalue weighted by Crippen LogP contribution is 2.39. The summed E-state index contributed by atoms with van der Waals surface area (Å²) in [6.45, 7) is 0. The smallest absolute Gasteiger partial charge is 0.162 e. The van der Waals surface area contributed by atoms with Crippen molar-refractivity contribution in [3.05, 3.63) is 194 Å². The molecule has 11 aromatic rings. The lowest BCUT2D eigenvalue weighted by atomic mass is 10.0. The molecular formula is C50H32N4. The first kappa shape index (κ1) is 30.3. The van der Waals surface area contributed by atoms with Gasteiger partial charge in [0.05, 0.1) is 27.6 Å². The van der Waals surface area contributed by atoms with Crippen molar-refractivity contribution in [2.24, 2.45) is 0 Å². The van der Waals surface area contributed by atoms with E-state index in [1.807, 2.05) is 24.3 Å². The summed E-state index contributed by atoms with van der Waals surface area (Å²) in [5.41, 5.74) is 12.5. The number of hydrogen-bond acceptors (Lipinski definition) is 2. The molecule has 8 aromatic carbocycles. The highest BCUT2D eigenvalue weighted by molar-refractivity contribution is 6.13. The van der Waals surface area contributed by atoms with Crippen LogP contribution < -0.4 is 0 Å². The van der Waals surface area contributed by atoms with Gasteiger partial charge in [0.25, 0.3) is 0 Å². The lowest BCUT2D eigenvalue weighted by Gasteiger charge is -2.13. The molecule has 11 rings (SSSR count). The van der Waals surface area contributed by atoms with E-state index in [2.05, 4.69) is 179 Å². The normalized spacial score (nSPS) is 11.7. The average molecular weight is 689 g/mol. The molecule has 0 aliphatic carbocycles. The van der Waals surface area contributed by atoms with Gasteiger partial charge >= 0.3 is 0 Å². The number of para-hydroxylation sites is 3. The second kappa shape index (κ2) is 12.1. The molecule has 0 aliphatic rings. The Hall–Kier alpha value is -7.30. The summed E-state index contributed by atoms with van der Waals surface area (Å²) >= 11 is 0. The fourth-order valence-electron chi connectivity index (χ4n) is 8.19. The molecule has 4 heteroatoms. The molecule has 0 atom stereocenters. The van der Waals surface area contributed by atoms with Gasteiger partial charge in [0.15, 0.2) is 5.82 Å². The van der Waals surface area contributed by atoms with E-state index in [-0.39, 0.29) is 0 Å². The molecular weight excluding hydrogens is 657 g/mol. The highest BCUT2D eigenvalue weighted by Gasteiger charge is 2.19. The van der Waals surface area contributed by atoms with E-state index in [9.17, 15) is 0 Å². The number of aromatic nitrogens is 4. The minimum absolute atomic E-state index is 0.714. The van der Waals surface area contributed by atoms with Crippen LogP contribution in [0.5, 0.6) is 0 Å². The van der Waals surface area contributed by atoms with Gasteiger partial charge in [-0.05, 0) is 82.9 Å². The minimum Gasteiger partial charge on any atom is -0.309 e. The van der Waals surface area contributed by atoms with E-state index in [1.54, 1.807) is 0 Å². The maximum atomic E-state index is 5.25. The fourth-order valence-corrected chi connectivity index (χ4v) is 8.19. The van der Waals surface area contributed by atoms with Gasteiger partial charge in [0, 0.05) is 38.2 Å². The molecule has 3 heterocycles. The lowest BCUT2D eigenvalue weighted by molar-refractivity contribution is 1.08. The molecule has 0 spiro atoms. The standard InChI is InChI=1S/C50H32N4/c1-3-13-33(14-4-1)34-23-27-38(28-24-34)53-45-21-11-8-17-39(45)42-31-36(25-29-47(42)53)37-26-30-48-43(32-37)40-18-9-12-22-46(40)54(48)50-41-19-7-10-20-44(41)51-49(52-50)35-15-5-2-6-16-35/h1-32H. The number of hydrogen-bond donors (Lipinski definition) is 0. The third kappa shape index (κ3) is 4.78. The zero-order chi connectivity index (χ0) is 35.6. The second-order valence-corrected chi connectivity index (χ2v) is 13.8. The molecule has 252 valence electrons. The summed E-state index contributed by atoms with van der Waals surface area (Å²) in [4.78, 5) is 10.2. The van der Waals surface area contributed by atoms with Gasteiger partial charge in [-0.3, -0.25) is 4.57 Å². The van der Waals surface area contributed by atoms with E-state index in [0.29, 0.717) is 5.82 Å². The van der Waals surface area contributed by atoms with Crippen LogP contribution in [0.1, 0.15) is 0 Å². The van der Waals surface area contributed by atoms with E-state index in [1.165, 1.54) is 54.8 Å². The van der Waals surface area contributed by atoms with Crippen molar-refractivity contribution in [2.45, 2.75) is 0 Å². The van der Waals surface area contributed by atoms with Crippen molar-refractivity contribution < 1.29 is 0 Å². The fraction of sp³-hybridized carbons (Fsp3) is 0. The Morgan fingerprint density at radius 3 is 1.41 bits per heavy atom. The van der Waals surface area contributed by atoms with Crippen LogP contribution in [0.25, 0.3) is 99.7 Å². The molecule has 0 amide bonds. The third-order valence-corrected chi connectivity index (χ3v) is 10.7. The molecule has 0 saturated heterocycles. The Bertz CT molecular complexity index is 3190. The van der Waals surface area contributed by atoms with Crippen molar-refractivity contribution in [1.82, 2.24) is 19.1 Å². The zero-order valence-corrected chi connectivity index (χ0v) is 29.3. The third-order valence-electron chi connectivity index (χ3n) is 10.7. The number of fused-ring (bicyclic) bond motifs is 7. The van der Waals surface area contributed by atoms with E-state index in [0.717, 1.165) is 39.0 Å². The van der Waals surface area contributed by atoms with Gasteiger partial charge in [-0.1, -0.05) is 133 Å². The summed E-state index contributed by atoms with van der Waals surface area (Å²) in [5.74, 6) is 1.59. The van der Waals surface area contributed by atoms with Gasteiger partial charge < -0.3 is 4.57 Å². The van der Waals surface area contributed by atoms with Crippen molar-refractivity contribution in [2.75, 3.05) is 0 Å². The summed E-state index contributed by atoms with van der Waals surface area (Å²) in [5, 5.41) is 5.87.